The van der Waals surface area contributed by atoms with Crippen molar-refractivity contribution in [3.63, 3.8) is 0 Å². The number of nitrogens with zero attached hydrogens (tertiary/aromatic N) is 2. The Hall–Kier alpha value is -3.02. The fourth-order valence-electron chi connectivity index (χ4n) is 3.22. The van der Waals surface area contributed by atoms with E-state index in [1.807, 2.05) is 18.2 Å². The number of amides is 1. The first-order valence-corrected chi connectivity index (χ1v) is 8.88. The summed E-state index contributed by atoms with van der Waals surface area (Å²) in [5.41, 5.74) is 2.71. The maximum atomic E-state index is 12.4. The quantitative estimate of drug-likeness (QED) is 0.741. The molecule has 3 aromatic rings. The van der Waals surface area contributed by atoms with E-state index >= 15 is 0 Å². The van der Waals surface area contributed by atoms with Gasteiger partial charge in [0.15, 0.2) is 11.5 Å². The van der Waals surface area contributed by atoms with Crippen molar-refractivity contribution in [2.75, 3.05) is 13.3 Å². The summed E-state index contributed by atoms with van der Waals surface area (Å²) in [5, 5.41) is 2.96. The van der Waals surface area contributed by atoms with Crippen molar-refractivity contribution in [3.05, 3.63) is 53.9 Å². The molecule has 0 saturated heterocycles. The van der Waals surface area contributed by atoms with Crippen LogP contribution in [0.15, 0.2) is 42.5 Å². The third-order valence-corrected chi connectivity index (χ3v) is 4.45. The number of hydrogen-bond donors (Lipinski definition) is 1. The number of nitrogens with one attached hydrogen (secondary N) is 1. The van der Waals surface area contributed by atoms with Crippen LogP contribution in [0.5, 0.6) is 11.5 Å². The van der Waals surface area contributed by atoms with Crippen LogP contribution in [0.4, 0.5) is 0 Å². The average Bonchev–Trinajstić information content (AvgIpc) is 3.26. The van der Waals surface area contributed by atoms with Gasteiger partial charge in [-0.05, 0) is 36.8 Å². The molecule has 0 aliphatic carbocycles. The summed E-state index contributed by atoms with van der Waals surface area (Å²) in [6.07, 6.45) is 1.72. The highest BCUT2D eigenvalue weighted by Gasteiger charge is 2.16. The van der Waals surface area contributed by atoms with Crippen molar-refractivity contribution in [1.82, 2.24) is 14.9 Å². The molecule has 6 nitrogen and oxygen atoms in total. The molecule has 134 valence electrons. The van der Waals surface area contributed by atoms with Gasteiger partial charge >= 0.3 is 0 Å². The maximum absolute atomic E-state index is 12.4. The van der Waals surface area contributed by atoms with E-state index in [9.17, 15) is 4.79 Å². The van der Waals surface area contributed by atoms with E-state index in [2.05, 4.69) is 22.9 Å². The summed E-state index contributed by atoms with van der Waals surface area (Å²) in [7, 11) is 0. The molecule has 0 unspecified atom stereocenters. The average molecular weight is 351 g/mol. The molecule has 0 atom stereocenters. The summed E-state index contributed by atoms with van der Waals surface area (Å²) in [4.78, 5) is 17.1. The summed E-state index contributed by atoms with van der Waals surface area (Å²) in [6, 6.07) is 13.4. The van der Waals surface area contributed by atoms with E-state index in [1.165, 1.54) is 0 Å². The lowest BCUT2D eigenvalue weighted by atomic mass is 10.2. The molecule has 1 aromatic heterocycles. The molecule has 0 saturated carbocycles. The molecular weight excluding hydrogens is 330 g/mol. The van der Waals surface area contributed by atoms with E-state index in [-0.39, 0.29) is 12.7 Å². The number of benzene rings is 2. The first kappa shape index (κ1) is 16.4. The molecule has 2 aromatic carbocycles. The zero-order chi connectivity index (χ0) is 17.9. The van der Waals surface area contributed by atoms with E-state index in [1.54, 1.807) is 18.2 Å². The molecule has 1 aliphatic heterocycles. The number of aryl methyl sites for hydroxylation is 1. The van der Waals surface area contributed by atoms with Crippen LogP contribution in [0.1, 0.15) is 29.5 Å². The van der Waals surface area contributed by atoms with Gasteiger partial charge in [0.2, 0.25) is 6.79 Å². The Balaban J connectivity index is 1.44. The number of ether oxygens (including phenoxy) is 2. The molecule has 1 amide bonds. The van der Waals surface area contributed by atoms with Crippen molar-refractivity contribution < 1.29 is 14.3 Å². The minimum absolute atomic E-state index is 0.124. The first-order chi connectivity index (χ1) is 12.8. The highest BCUT2D eigenvalue weighted by molar-refractivity contribution is 5.94. The number of hydrogen-bond acceptors (Lipinski definition) is 4. The smallest absolute Gasteiger partial charge is 0.251 e. The second kappa shape index (κ2) is 7.07. The Morgan fingerprint density at radius 3 is 2.92 bits per heavy atom. The van der Waals surface area contributed by atoms with E-state index in [0.717, 1.165) is 29.8 Å². The Morgan fingerprint density at radius 2 is 2.04 bits per heavy atom. The lowest BCUT2D eigenvalue weighted by Crippen LogP contribution is -2.26. The minimum atomic E-state index is -0.124. The van der Waals surface area contributed by atoms with Crippen LogP contribution < -0.4 is 14.8 Å². The van der Waals surface area contributed by atoms with Crippen molar-refractivity contribution in [2.45, 2.75) is 26.3 Å². The van der Waals surface area contributed by atoms with E-state index < -0.39 is 0 Å². The second-order valence-corrected chi connectivity index (χ2v) is 6.24. The molecule has 1 aliphatic rings. The fourth-order valence-corrected chi connectivity index (χ4v) is 3.22. The van der Waals surface area contributed by atoms with Gasteiger partial charge in [-0.15, -0.1) is 0 Å². The van der Waals surface area contributed by atoms with Crippen LogP contribution in [-0.4, -0.2) is 28.8 Å². The third-order valence-electron chi connectivity index (χ3n) is 4.45. The van der Waals surface area contributed by atoms with Crippen molar-refractivity contribution >= 4 is 16.9 Å². The van der Waals surface area contributed by atoms with Gasteiger partial charge in [-0.2, -0.15) is 0 Å². The summed E-state index contributed by atoms with van der Waals surface area (Å²) in [6.45, 7) is 3.81. The monoisotopic (exact) mass is 351 g/mol. The van der Waals surface area contributed by atoms with Gasteiger partial charge in [0.05, 0.1) is 11.0 Å². The minimum Gasteiger partial charge on any atom is -0.454 e. The van der Waals surface area contributed by atoms with Crippen LogP contribution in [0.3, 0.4) is 0 Å². The maximum Gasteiger partial charge on any atom is 0.251 e. The summed E-state index contributed by atoms with van der Waals surface area (Å²) in [5.74, 6) is 2.16. The predicted octanol–water partition coefficient (Wildman–Crippen LogP) is 3.15. The zero-order valence-electron chi connectivity index (χ0n) is 14.7. The number of carbonyl (C=O) groups excluding carboxylic acids is 1. The van der Waals surface area contributed by atoms with Gasteiger partial charge in [-0.3, -0.25) is 4.79 Å². The number of carbonyl (C=O) groups is 1. The number of aromatic nitrogens is 2. The highest BCUT2D eigenvalue weighted by atomic mass is 16.7. The van der Waals surface area contributed by atoms with E-state index in [0.29, 0.717) is 30.0 Å². The molecule has 6 heteroatoms. The van der Waals surface area contributed by atoms with Crippen molar-refractivity contribution in [3.8, 4) is 11.5 Å². The molecular formula is C20H21N3O3. The standard InChI is InChI=1S/C20H21N3O3/c1-2-11-23-16-6-4-3-5-15(16)22-19(23)9-10-21-20(24)14-7-8-17-18(12-14)26-13-25-17/h3-8,12H,2,9-11,13H2,1H3,(H,21,24). The SMILES string of the molecule is CCCn1c(CCNC(=O)c2ccc3c(c2)OCO3)nc2ccccc21. The van der Waals surface area contributed by atoms with Crippen LogP contribution in [0, 0.1) is 0 Å². The third kappa shape index (κ3) is 3.10. The van der Waals surface area contributed by atoms with Crippen molar-refractivity contribution in [1.29, 1.82) is 0 Å². The highest BCUT2D eigenvalue weighted by Crippen LogP contribution is 2.32. The normalized spacial score (nSPS) is 12.5. The van der Waals surface area contributed by atoms with Gasteiger partial charge in [-0.1, -0.05) is 19.1 Å². The summed E-state index contributed by atoms with van der Waals surface area (Å²) < 4.78 is 12.8. The Bertz CT molecular complexity index is 949. The largest absolute Gasteiger partial charge is 0.454 e. The van der Waals surface area contributed by atoms with Gasteiger partial charge in [-0.25, -0.2) is 4.98 Å². The first-order valence-electron chi connectivity index (χ1n) is 8.88. The summed E-state index contributed by atoms with van der Waals surface area (Å²) >= 11 is 0. The number of fused-ring (bicyclic) bond motifs is 2. The van der Waals surface area contributed by atoms with Gasteiger partial charge in [0.25, 0.3) is 5.91 Å². The second-order valence-electron chi connectivity index (χ2n) is 6.24. The van der Waals surface area contributed by atoms with Gasteiger partial charge in [0.1, 0.15) is 5.82 Å². The number of imidazole rings is 1. The number of rotatable bonds is 6. The molecule has 1 N–H and O–H groups in total. The van der Waals surface area contributed by atoms with Gasteiger partial charge < -0.3 is 19.4 Å². The van der Waals surface area contributed by atoms with Gasteiger partial charge in [0, 0.05) is 25.1 Å². The Labute approximate surface area is 151 Å². The topological polar surface area (TPSA) is 65.4 Å². The molecule has 26 heavy (non-hydrogen) atoms. The van der Waals surface area contributed by atoms with Crippen LogP contribution in [0.2, 0.25) is 0 Å². The zero-order valence-corrected chi connectivity index (χ0v) is 14.7. The lowest BCUT2D eigenvalue weighted by molar-refractivity contribution is 0.0953. The Kier molecular flexibility index (Phi) is 4.48. The van der Waals surface area contributed by atoms with Crippen LogP contribution >= 0.6 is 0 Å². The lowest BCUT2D eigenvalue weighted by Gasteiger charge is -2.09. The number of para-hydroxylation sites is 2. The fraction of sp³-hybridized carbons (Fsp3) is 0.300. The molecule has 2 heterocycles. The molecule has 4 rings (SSSR count). The molecule has 0 radical (unpaired) electrons. The van der Waals surface area contributed by atoms with Crippen LogP contribution in [-0.2, 0) is 13.0 Å². The Morgan fingerprint density at radius 1 is 1.19 bits per heavy atom. The molecule has 0 bridgehead atoms. The predicted molar refractivity (Wildman–Crippen MR) is 98.6 cm³/mol. The molecule has 0 spiro atoms. The van der Waals surface area contributed by atoms with Crippen molar-refractivity contribution in [2.24, 2.45) is 0 Å². The van der Waals surface area contributed by atoms with E-state index in [4.69, 9.17) is 14.5 Å². The molecule has 0 fully saturated rings. The van der Waals surface area contributed by atoms with Crippen LogP contribution in [0.25, 0.3) is 11.0 Å².